The monoisotopic (exact) mass is 308 g/mol. The predicted molar refractivity (Wildman–Crippen MR) is 89.2 cm³/mol. The van der Waals surface area contributed by atoms with Crippen molar-refractivity contribution in [1.29, 1.82) is 0 Å². The predicted octanol–water partition coefficient (Wildman–Crippen LogP) is 4.03. The summed E-state index contributed by atoms with van der Waals surface area (Å²) < 4.78 is 0. The summed E-state index contributed by atoms with van der Waals surface area (Å²) in [5.74, 6) is 1.23. The first kappa shape index (κ1) is 16.5. The van der Waals surface area contributed by atoms with Crippen LogP contribution < -0.4 is 5.32 Å². The minimum atomic E-state index is -0.0608. The lowest BCUT2D eigenvalue weighted by Crippen LogP contribution is -2.40. The second-order valence-electron chi connectivity index (χ2n) is 6.69. The van der Waals surface area contributed by atoms with Gasteiger partial charge in [0.1, 0.15) is 6.17 Å². The highest BCUT2D eigenvalue weighted by atomic mass is 32.1. The van der Waals surface area contributed by atoms with Crippen molar-refractivity contribution >= 4 is 17.2 Å². The number of amides is 1. The lowest BCUT2D eigenvalue weighted by atomic mass is 9.98. The summed E-state index contributed by atoms with van der Waals surface area (Å²) in [4.78, 5) is 14.9. The van der Waals surface area contributed by atoms with Crippen molar-refractivity contribution in [1.82, 2.24) is 10.2 Å². The third-order valence-corrected chi connectivity index (χ3v) is 5.28. The second-order valence-corrected chi connectivity index (χ2v) is 7.47. The summed E-state index contributed by atoms with van der Waals surface area (Å²) in [6.07, 6.45) is 2.27. The van der Waals surface area contributed by atoms with Crippen LogP contribution in [0.15, 0.2) is 16.8 Å². The molecule has 1 aliphatic heterocycles. The van der Waals surface area contributed by atoms with E-state index in [0.717, 1.165) is 12.8 Å². The fraction of sp³-hybridized carbons (Fsp3) is 0.706. The average molecular weight is 308 g/mol. The van der Waals surface area contributed by atoms with Gasteiger partial charge < -0.3 is 4.90 Å². The molecule has 0 spiro atoms. The van der Waals surface area contributed by atoms with E-state index in [-0.39, 0.29) is 24.2 Å². The molecule has 1 N–H and O–H groups in total. The van der Waals surface area contributed by atoms with E-state index in [0.29, 0.717) is 11.8 Å². The summed E-state index contributed by atoms with van der Waals surface area (Å²) in [5, 5.41) is 7.78. The van der Waals surface area contributed by atoms with Gasteiger partial charge in [-0.1, -0.05) is 34.1 Å². The zero-order valence-corrected chi connectivity index (χ0v) is 14.6. The molecule has 2 rings (SSSR count). The largest absolute Gasteiger partial charge is 0.319 e. The molecule has 0 aromatic carbocycles. The van der Waals surface area contributed by atoms with Gasteiger partial charge in [0.15, 0.2) is 0 Å². The lowest BCUT2D eigenvalue weighted by molar-refractivity contribution is -0.133. The van der Waals surface area contributed by atoms with Gasteiger partial charge in [0.2, 0.25) is 5.91 Å². The van der Waals surface area contributed by atoms with E-state index in [9.17, 15) is 4.79 Å². The van der Waals surface area contributed by atoms with E-state index in [4.69, 9.17) is 0 Å². The Bertz CT molecular complexity index is 457. The van der Waals surface area contributed by atoms with Crippen LogP contribution in [0.1, 0.15) is 59.2 Å². The Morgan fingerprint density at radius 3 is 2.57 bits per heavy atom. The Hall–Kier alpha value is -0.870. The van der Waals surface area contributed by atoms with Crippen molar-refractivity contribution in [3.63, 3.8) is 0 Å². The van der Waals surface area contributed by atoms with Gasteiger partial charge in [-0.15, -0.1) is 0 Å². The first-order chi connectivity index (χ1) is 9.95. The zero-order chi connectivity index (χ0) is 15.6. The molecule has 1 aromatic rings. The minimum Gasteiger partial charge on any atom is -0.319 e. The third kappa shape index (κ3) is 3.49. The van der Waals surface area contributed by atoms with Crippen molar-refractivity contribution < 1.29 is 4.79 Å². The molecule has 3 nitrogen and oxygen atoms in total. The van der Waals surface area contributed by atoms with E-state index < -0.39 is 0 Å². The molecule has 4 heteroatoms. The number of nitrogens with one attached hydrogen (secondary N) is 1. The van der Waals surface area contributed by atoms with Gasteiger partial charge in [-0.25, -0.2) is 0 Å². The normalized spacial score (nSPS) is 25.6. The highest BCUT2D eigenvalue weighted by molar-refractivity contribution is 7.07. The maximum Gasteiger partial charge on any atom is 0.241 e. The van der Waals surface area contributed by atoms with Crippen LogP contribution in [0, 0.1) is 11.8 Å². The Morgan fingerprint density at radius 1 is 1.33 bits per heavy atom. The van der Waals surface area contributed by atoms with Gasteiger partial charge >= 0.3 is 0 Å². The zero-order valence-electron chi connectivity index (χ0n) is 13.8. The maximum atomic E-state index is 12.8. The van der Waals surface area contributed by atoms with E-state index in [1.54, 1.807) is 11.3 Å². The smallest absolute Gasteiger partial charge is 0.241 e. The quantitative estimate of drug-likeness (QED) is 0.860. The van der Waals surface area contributed by atoms with Crippen LogP contribution in [-0.2, 0) is 4.79 Å². The molecule has 1 aliphatic rings. The molecule has 0 radical (unpaired) electrons. The molecule has 118 valence electrons. The Labute approximate surface area is 132 Å². The van der Waals surface area contributed by atoms with E-state index >= 15 is 0 Å². The van der Waals surface area contributed by atoms with Crippen LogP contribution >= 0.6 is 11.3 Å². The number of rotatable bonds is 6. The van der Waals surface area contributed by atoms with Crippen LogP contribution in [0.5, 0.6) is 0 Å². The van der Waals surface area contributed by atoms with Crippen LogP contribution in [0.3, 0.4) is 0 Å². The van der Waals surface area contributed by atoms with Gasteiger partial charge in [0.25, 0.3) is 0 Å². The lowest BCUT2D eigenvalue weighted by Gasteiger charge is -2.31. The number of hydrogen-bond donors (Lipinski definition) is 1. The van der Waals surface area contributed by atoms with Gasteiger partial charge in [-0.05, 0) is 47.6 Å². The van der Waals surface area contributed by atoms with Crippen molar-refractivity contribution in [2.45, 2.75) is 65.7 Å². The Kier molecular flexibility index (Phi) is 5.44. The highest BCUT2D eigenvalue weighted by Gasteiger charge is 2.43. The molecule has 1 aromatic heterocycles. The van der Waals surface area contributed by atoms with Crippen molar-refractivity contribution in [2.24, 2.45) is 11.8 Å². The number of nitrogens with zero attached hydrogens (tertiary/aromatic N) is 1. The van der Waals surface area contributed by atoms with Crippen molar-refractivity contribution in [2.75, 3.05) is 0 Å². The molecule has 0 bridgehead atoms. The van der Waals surface area contributed by atoms with Crippen LogP contribution in [-0.4, -0.2) is 22.9 Å². The molecule has 1 saturated heterocycles. The minimum absolute atomic E-state index is 0.0372. The first-order valence-corrected chi connectivity index (χ1v) is 9.00. The van der Waals surface area contributed by atoms with Gasteiger partial charge in [-0.3, -0.25) is 10.1 Å². The number of carbonyl (C=O) groups is 1. The van der Waals surface area contributed by atoms with Crippen LogP contribution in [0.2, 0.25) is 0 Å². The van der Waals surface area contributed by atoms with Gasteiger partial charge in [-0.2, -0.15) is 11.3 Å². The number of thiophene rings is 1. The topological polar surface area (TPSA) is 32.3 Å². The van der Waals surface area contributed by atoms with Crippen LogP contribution in [0.4, 0.5) is 0 Å². The molecule has 2 heterocycles. The van der Waals surface area contributed by atoms with E-state index in [2.05, 4.69) is 61.7 Å². The van der Waals surface area contributed by atoms with Gasteiger partial charge in [0.05, 0.1) is 6.04 Å². The number of carbonyl (C=O) groups excluding carboxylic acids is 1. The van der Waals surface area contributed by atoms with Crippen molar-refractivity contribution in [3.8, 4) is 0 Å². The molecular weight excluding hydrogens is 280 g/mol. The Balaban J connectivity index is 2.22. The molecular formula is C17H28N2OS. The summed E-state index contributed by atoms with van der Waals surface area (Å²) in [7, 11) is 0. The van der Waals surface area contributed by atoms with Crippen molar-refractivity contribution in [3.05, 3.63) is 22.4 Å². The summed E-state index contributed by atoms with van der Waals surface area (Å²) in [5.41, 5.74) is 1.22. The summed E-state index contributed by atoms with van der Waals surface area (Å²) in [6.45, 7) is 10.9. The molecule has 4 unspecified atom stereocenters. The molecule has 21 heavy (non-hydrogen) atoms. The fourth-order valence-electron chi connectivity index (χ4n) is 3.11. The summed E-state index contributed by atoms with van der Waals surface area (Å²) in [6, 6.07) is 2.34. The molecule has 1 amide bonds. The molecule has 0 saturated carbocycles. The SMILES string of the molecule is CCC(C)CC(C)N1C(=O)C(C(C)C)NC1c1ccsc1. The second kappa shape index (κ2) is 6.93. The Morgan fingerprint density at radius 2 is 2.05 bits per heavy atom. The van der Waals surface area contributed by atoms with Gasteiger partial charge in [0, 0.05) is 6.04 Å². The molecule has 4 atom stereocenters. The standard InChI is InChI=1S/C17H28N2OS/c1-6-12(4)9-13(5)19-16(14-7-8-21-10-14)18-15(11(2)3)17(19)20/h7-8,10-13,15-16,18H,6,9H2,1-5H3. The summed E-state index contributed by atoms with van der Waals surface area (Å²) >= 11 is 1.69. The molecule has 0 aliphatic carbocycles. The fourth-order valence-corrected chi connectivity index (χ4v) is 3.79. The van der Waals surface area contributed by atoms with Crippen LogP contribution in [0.25, 0.3) is 0 Å². The van der Waals surface area contributed by atoms with E-state index in [1.165, 1.54) is 5.56 Å². The van der Waals surface area contributed by atoms with E-state index in [1.807, 2.05) is 0 Å². The number of hydrogen-bond acceptors (Lipinski definition) is 3. The average Bonchev–Trinajstić information content (AvgIpc) is 3.05. The first-order valence-electron chi connectivity index (χ1n) is 8.06. The highest BCUT2D eigenvalue weighted by Crippen LogP contribution is 2.32. The maximum absolute atomic E-state index is 12.8. The molecule has 1 fully saturated rings. The third-order valence-electron chi connectivity index (χ3n) is 4.58.